The second-order valence-electron chi connectivity index (χ2n) is 6.14. The molecule has 0 atom stereocenters. The van der Waals surface area contributed by atoms with Crippen LogP contribution in [0.4, 0.5) is 0 Å². The van der Waals surface area contributed by atoms with Crippen LogP contribution in [0.15, 0.2) is 0 Å². The fourth-order valence-electron chi connectivity index (χ4n) is 3.51. The third kappa shape index (κ3) is 2.01. The van der Waals surface area contributed by atoms with Gasteiger partial charge in [0.1, 0.15) is 5.82 Å². The molecule has 104 valence electrons. The number of aromatic nitrogens is 2. The van der Waals surface area contributed by atoms with Crippen LogP contribution < -0.4 is 5.32 Å². The lowest BCUT2D eigenvalue weighted by Crippen LogP contribution is -2.36. The highest BCUT2D eigenvalue weighted by Gasteiger charge is 2.39. The van der Waals surface area contributed by atoms with Gasteiger partial charge in [-0.15, -0.1) is 0 Å². The van der Waals surface area contributed by atoms with E-state index in [1.54, 1.807) is 0 Å². The minimum Gasteiger partial charge on any atom is -0.378 e. The number of fused-ring (bicyclic) bond motifs is 1. The monoisotopic (exact) mass is 261 g/mol. The number of rotatable bonds is 4. The summed E-state index contributed by atoms with van der Waals surface area (Å²) in [6.45, 7) is 5.00. The van der Waals surface area contributed by atoms with Gasteiger partial charge in [-0.25, -0.2) is 4.98 Å². The molecule has 4 rings (SSSR count). The van der Waals surface area contributed by atoms with E-state index in [0.29, 0.717) is 12.1 Å². The molecule has 2 fully saturated rings. The second-order valence-corrected chi connectivity index (χ2v) is 6.14. The van der Waals surface area contributed by atoms with E-state index in [1.165, 1.54) is 42.9 Å². The first-order valence-corrected chi connectivity index (χ1v) is 7.79. The lowest BCUT2D eigenvalue weighted by atomic mass is 9.88. The summed E-state index contributed by atoms with van der Waals surface area (Å²) < 4.78 is 8.32. The number of hydrogen-bond donors (Lipinski definition) is 1. The first-order chi connectivity index (χ1) is 9.36. The molecule has 19 heavy (non-hydrogen) atoms. The highest BCUT2D eigenvalue weighted by Crippen LogP contribution is 2.45. The summed E-state index contributed by atoms with van der Waals surface area (Å²) in [5, 5.41) is 3.44. The molecule has 4 heteroatoms. The number of imidazole rings is 1. The smallest absolute Gasteiger partial charge is 0.112 e. The summed E-state index contributed by atoms with van der Waals surface area (Å²) in [6.07, 6.45) is 6.68. The highest BCUT2D eigenvalue weighted by molar-refractivity contribution is 5.25. The van der Waals surface area contributed by atoms with Crippen molar-refractivity contribution in [1.82, 2.24) is 14.9 Å². The fourth-order valence-corrected chi connectivity index (χ4v) is 3.51. The van der Waals surface area contributed by atoms with Gasteiger partial charge in [0.2, 0.25) is 0 Å². The Morgan fingerprint density at radius 3 is 2.95 bits per heavy atom. The SMILES string of the molecule is CCOC1CC(n2c(C3CC3)nc3c2CCNC3)C1. The summed E-state index contributed by atoms with van der Waals surface area (Å²) in [5.41, 5.74) is 2.83. The standard InChI is InChI=1S/C15H23N3O/c1-2-19-12-7-11(8-12)18-14-5-6-16-9-13(14)17-15(18)10-3-4-10/h10-12,16H,2-9H2,1H3. The largest absolute Gasteiger partial charge is 0.378 e. The quantitative estimate of drug-likeness (QED) is 0.902. The van der Waals surface area contributed by atoms with Crippen molar-refractivity contribution in [3.8, 4) is 0 Å². The second kappa shape index (κ2) is 4.60. The molecule has 2 aliphatic carbocycles. The van der Waals surface area contributed by atoms with Gasteiger partial charge in [-0.2, -0.15) is 0 Å². The molecule has 0 bridgehead atoms. The molecule has 1 N–H and O–H groups in total. The van der Waals surface area contributed by atoms with Crippen LogP contribution in [0.5, 0.6) is 0 Å². The van der Waals surface area contributed by atoms with E-state index in [0.717, 1.165) is 32.0 Å². The molecule has 4 nitrogen and oxygen atoms in total. The molecule has 1 aliphatic heterocycles. The number of nitrogens with one attached hydrogen (secondary N) is 1. The highest BCUT2D eigenvalue weighted by atomic mass is 16.5. The molecule has 3 aliphatic rings. The Labute approximate surface area is 114 Å². The van der Waals surface area contributed by atoms with Crippen LogP contribution in [-0.2, 0) is 17.7 Å². The average molecular weight is 261 g/mol. The molecule has 0 saturated heterocycles. The fraction of sp³-hybridized carbons (Fsp3) is 0.800. The van der Waals surface area contributed by atoms with Gasteiger partial charge < -0.3 is 14.6 Å². The van der Waals surface area contributed by atoms with Crippen LogP contribution in [0, 0.1) is 0 Å². The van der Waals surface area contributed by atoms with Crippen molar-refractivity contribution in [1.29, 1.82) is 0 Å². The maximum absolute atomic E-state index is 5.72. The van der Waals surface area contributed by atoms with Crippen LogP contribution >= 0.6 is 0 Å². The number of hydrogen-bond acceptors (Lipinski definition) is 3. The van der Waals surface area contributed by atoms with Gasteiger partial charge >= 0.3 is 0 Å². The number of ether oxygens (including phenoxy) is 1. The van der Waals surface area contributed by atoms with E-state index in [1.807, 2.05) is 0 Å². The van der Waals surface area contributed by atoms with E-state index < -0.39 is 0 Å². The van der Waals surface area contributed by atoms with Crippen LogP contribution in [0.3, 0.4) is 0 Å². The maximum Gasteiger partial charge on any atom is 0.112 e. The van der Waals surface area contributed by atoms with Gasteiger partial charge in [0.05, 0.1) is 11.8 Å². The maximum atomic E-state index is 5.72. The van der Waals surface area contributed by atoms with Gasteiger partial charge in [-0.05, 0) is 32.6 Å². The third-order valence-electron chi connectivity index (χ3n) is 4.73. The van der Waals surface area contributed by atoms with Crippen molar-refractivity contribution in [2.24, 2.45) is 0 Å². The molecule has 0 spiro atoms. The lowest BCUT2D eigenvalue weighted by Gasteiger charge is -2.38. The zero-order valence-corrected chi connectivity index (χ0v) is 11.7. The Morgan fingerprint density at radius 2 is 2.21 bits per heavy atom. The van der Waals surface area contributed by atoms with Gasteiger partial charge in [-0.1, -0.05) is 0 Å². The van der Waals surface area contributed by atoms with Crippen LogP contribution in [0.2, 0.25) is 0 Å². The predicted molar refractivity (Wildman–Crippen MR) is 73.3 cm³/mol. The molecule has 0 aromatic carbocycles. The van der Waals surface area contributed by atoms with E-state index in [9.17, 15) is 0 Å². The van der Waals surface area contributed by atoms with Gasteiger partial charge in [-0.3, -0.25) is 0 Å². The van der Waals surface area contributed by atoms with Crippen molar-refractivity contribution >= 4 is 0 Å². The zero-order valence-electron chi connectivity index (χ0n) is 11.7. The molecule has 0 radical (unpaired) electrons. The summed E-state index contributed by atoms with van der Waals surface area (Å²) in [4.78, 5) is 4.95. The lowest BCUT2D eigenvalue weighted by molar-refractivity contribution is -0.0210. The van der Waals surface area contributed by atoms with Gasteiger partial charge in [0, 0.05) is 43.8 Å². The Morgan fingerprint density at radius 1 is 1.37 bits per heavy atom. The Hall–Kier alpha value is -0.870. The van der Waals surface area contributed by atoms with Crippen molar-refractivity contribution < 1.29 is 4.74 Å². The van der Waals surface area contributed by atoms with Crippen LogP contribution in [0.25, 0.3) is 0 Å². The summed E-state index contributed by atoms with van der Waals surface area (Å²) in [6, 6.07) is 0.654. The normalized spacial score (nSPS) is 29.9. The van der Waals surface area contributed by atoms with Crippen LogP contribution in [-0.4, -0.2) is 28.8 Å². The molecule has 0 amide bonds. The minimum absolute atomic E-state index is 0.488. The Kier molecular flexibility index (Phi) is 2.88. The first-order valence-electron chi connectivity index (χ1n) is 7.79. The zero-order chi connectivity index (χ0) is 12.8. The molecule has 1 aromatic heterocycles. The summed E-state index contributed by atoms with van der Waals surface area (Å²) >= 11 is 0. The topological polar surface area (TPSA) is 39.1 Å². The average Bonchev–Trinajstić information content (AvgIpc) is 3.15. The van der Waals surface area contributed by atoms with E-state index in [-0.39, 0.29) is 0 Å². The Bertz CT molecular complexity index is 472. The van der Waals surface area contributed by atoms with E-state index in [2.05, 4.69) is 16.8 Å². The van der Waals surface area contributed by atoms with Gasteiger partial charge in [0.15, 0.2) is 0 Å². The molecule has 2 heterocycles. The van der Waals surface area contributed by atoms with Crippen molar-refractivity contribution in [3.63, 3.8) is 0 Å². The molecular weight excluding hydrogens is 238 g/mol. The van der Waals surface area contributed by atoms with Gasteiger partial charge in [0.25, 0.3) is 0 Å². The number of nitrogens with zero attached hydrogens (tertiary/aromatic N) is 2. The van der Waals surface area contributed by atoms with Crippen LogP contribution in [0.1, 0.15) is 61.8 Å². The Balaban J connectivity index is 1.61. The van der Waals surface area contributed by atoms with Crippen molar-refractivity contribution in [2.45, 2.75) is 63.6 Å². The summed E-state index contributed by atoms with van der Waals surface area (Å²) in [7, 11) is 0. The minimum atomic E-state index is 0.488. The predicted octanol–water partition coefficient (Wildman–Crippen LogP) is 2.15. The first kappa shape index (κ1) is 11.9. The van der Waals surface area contributed by atoms with E-state index in [4.69, 9.17) is 9.72 Å². The molecule has 1 aromatic rings. The molecular formula is C15H23N3O. The molecule has 0 unspecified atom stereocenters. The van der Waals surface area contributed by atoms with Crippen molar-refractivity contribution in [3.05, 3.63) is 17.2 Å². The van der Waals surface area contributed by atoms with Crippen molar-refractivity contribution in [2.75, 3.05) is 13.2 Å². The molecule has 2 saturated carbocycles. The third-order valence-corrected chi connectivity index (χ3v) is 4.73. The van der Waals surface area contributed by atoms with E-state index >= 15 is 0 Å². The summed E-state index contributed by atoms with van der Waals surface area (Å²) in [5.74, 6) is 2.13.